The number of rotatable bonds is 2. The fourth-order valence-corrected chi connectivity index (χ4v) is 1.90. The molecule has 0 amide bonds. The van der Waals surface area contributed by atoms with Crippen LogP contribution in [0.4, 0.5) is 0 Å². The van der Waals surface area contributed by atoms with Crippen LogP contribution in [0.1, 0.15) is 5.82 Å². The van der Waals surface area contributed by atoms with Gasteiger partial charge in [-0.2, -0.15) is 0 Å². The predicted molar refractivity (Wildman–Crippen MR) is 63.5 cm³/mol. The number of hydrogen-bond donors (Lipinski definition) is 1. The lowest BCUT2D eigenvalue weighted by Crippen LogP contribution is -2.08. The van der Waals surface area contributed by atoms with E-state index in [1.807, 2.05) is 28.4 Å². The smallest absolute Gasteiger partial charge is 0.166 e. The van der Waals surface area contributed by atoms with Crippen LogP contribution in [0.15, 0.2) is 31.0 Å². The van der Waals surface area contributed by atoms with Crippen molar-refractivity contribution < 1.29 is 0 Å². The minimum atomic E-state index is 0.373. The highest BCUT2D eigenvalue weighted by Crippen LogP contribution is 2.18. The summed E-state index contributed by atoms with van der Waals surface area (Å²) in [5.74, 6) is 1.54. The molecule has 0 saturated carbocycles. The lowest BCUT2D eigenvalue weighted by atomic mass is 10.3. The molecule has 0 aliphatic rings. The van der Waals surface area contributed by atoms with Gasteiger partial charge < -0.3 is 10.3 Å². The van der Waals surface area contributed by atoms with E-state index in [0.29, 0.717) is 6.54 Å². The molecule has 0 radical (unpaired) electrons. The van der Waals surface area contributed by atoms with Crippen LogP contribution in [-0.4, -0.2) is 24.1 Å². The molecule has 6 nitrogen and oxygen atoms in total. The highest BCUT2D eigenvalue weighted by atomic mass is 15.2. The van der Waals surface area contributed by atoms with E-state index in [0.717, 1.165) is 22.7 Å². The van der Waals surface area contributed by atoms with Crippen LogP contribution in [-0.2, 0) is 13.6 Å². The van der Waals surface area contributed by atoms with Crippen LogP contribution >= 0.6 is 0 Å². The van der Waals surface area contributed by atoms with Crippen molar-refractivity contribution in [2.24, 2.45) is 12.8 Å². The Bertz CT molecular complexity index is 665. The second-order valence-corrected chi connectivity index (χ2v) is 3.78. The van der Waals surface area contributed by atoms with Crippen LogP contribution in [0.25, 0.3) is 16.9 Å². The van der Waals surface area contributed by atoms with Crippen LogP contribution in [0.2, 0.25) is 0 Å². The van der Waals surface area contributed by atoms with Crippen molar-refractivity contribution in [3.8, 4) is 5.82 Å². The molecule has 17 heavy (non-hydrogen) atoms. The minimum Gasteiger partial charge on any atom is -0.334 e. The maximum absolute atomic E-state index is 5.64. The first kappa shape index (κ1) is 9.98. The molecule has 0 saturated heterocycles. The van der Waals surface area contributed by atoms with Gasteiger partial charge in [-0.1, -0.05) is 0 Å². The fourth-order valence-electron chi connectivity index (χ4n) is 1.90. The standard InChI is InChI=1S/C11H12N6/c1-16-7-15-10-8(16)2-3-14-11(10)17-5-4-13-9(17)6-12/h2-5,7H,6,12H2,1H3. The Morgan fingerprint density at radius 2 is 2.12 bits per heavy atom. The van der Waals surface area contributed by atoms with Crippen molar-refractivity contribution >= 4 is 11.0 Å². The number of hydrogen-bond acceptors (Lipinski definition) is 4. The van der Waals surface area contributed by atoms with Crippen LogP contribution < -0.4 is 5.73 Å². The molecule has 3 aromatic heterocycles. The third-order valence-corrected chi connectivity index (χ3v) is 2.75. The lowest BCUT2D eigenvalue weighted by molar-refractivity contribution is 0.852. The molecular formula is C11H12N6. The van der Waals surface area contributed by atoms with Crippen molar-refractivity contribution in [1.29, 1.82) is 0 Å². The number of fused-ring (bicyclic) bond motifs is 1. The van der Waals surface area contributed by atoms with Gasteiger partial charge in [0.2, 0.25) is 0 Å². The van der Waals surface area contributed by atoms with Gasteiger partial charge in [0.25, 0.3) is 0 Å². The van der Waals surface area contributed by atoms with Gasteiger partial charge >= 0.3 is 0 Å². The van der Waals surface area contributed by atoms with Gasteiger partial charge in [-0.3, -0.25) is 4.57 Å². The summed E-state index contributed by atoms with van der Waals surface area (Å²) >= 11 is 0. The van der Waals surface area contributed by atoms with Crippen molar-refractivity contribution in [1.82, 2.24) is 24.1 Å². The van der Waals surface area contributed by atoms with Crippen molar-refractivity contribution in [3.05, 3.63) is 36.8 Å². The summed E-state index contributed by atoms with van der Waals surface area (Å²) in [5.41, 5.74) is 7.53. The van der Waals surface area contributed by atoms with E-state index >= 15 is 0 Å². The number of nitrogens with zero attached hydrogens (tertiary/aromatic N) is 5. The summed E-state index contributed by atoms with van der Waals surface area (Å²) < 4.78 is 3.83. The molecule has 3 rings (SSSR count). The van der Waals surface area contributed by atoms with E-state index in [1.54, 1.807) is 18.7 Å². The van der Waals surface area contributed by atoms with E-state index in [4.69, 9.17) is 5.73 Å². The molecule has 3 aromatic rings. The molecule has 0 unspecified atom stereocenters. The SMILES string of the molecule is Cn1cnc2c(-n3ccnc3CN)nccc21. The molecule has 0 fully saturated rings. The summed E-state index contributed by atoms with van der Waals surface area (Å²) in [4.78, 5) is 12.9. The Morgan fingerprint density at radius 1 is 1.24 bits per heavy atom. The zero-order valence-electron chi connectivity index (χ0n) is 9.41. The molecule has 0 spiro atoms. The average Bonchev–Trinajstić information content (AvgIpc) is 2.96. The third-order valence-electron chi connectivity index (χ3n) is 2.75. The number of nitrogens with two attached hydrogens (primary N) is 1. The predicted octanol–water partition coefficient (Wildman–Crippen LogP) is 0.613. The second kappa shape index (κ2) is 3.67. The van der Waals surface area contributed by atoms with Crippen molar-refractivity contribution in [3.63, 3.8) is 0 Å². The largest absolute Gasteiger partial charge is 0.334 e. The highest BCUT2D eigenvalue weighted by Gasteiger charge is 2.11. The van der Waals surface area contributed by atoms with Gasteiger partial charge in [-0.05, 0) is 6.07 Å². The molecule has 0 aliphatic heterocycles. The summed E-state index contributed by atoms with van der Waals surface area (Å²) in [7, 11) is 1.96. The van der Waals surface area contributed by atoms with Gasteiger partial charge in [0.05, 0.1) is 18.4 Å². The number of aryl methyl sites for hydroxylation is 1. The summed E-state index contributed by atoms with van der Waals surface area (Å²) in [6.45, 7) is 0.373. The van der Waals surface area contributed by atoms with Crippen molar-refractivity contribution in [2.45, 2.75) is 6.54 Å². The molecule has 0 aromatic carbocycles. The summed E-state index contributed by atoms with van der Waals surface area (Å²) in [5, 5.41) is 0. The minimum absolute atomic E-state index is 0.373. The molecule has 0 aliphatic carbocycles. The van der Waals surface area contributed by atoms with E-state index in [2.05, 4.69) is 15.0 Å². The molecule has 0 bridgehead atoms. The summed E-state index contributed by atoms with van der Waals surface area (Å²) in [6, 6.07) is 1.94. The van der Waals surface area contributed by atoms with Crippen LogP contribution in [0.3, 0.4) is 0 Å². The van der Waals surface area contributed by atoms with E-state index in [1.165, 1.54) is 0 Å². The first-order valence-corrected chi connectivity index (χ1v) is 5.30. The molecule has 86 valence electrons. The van der Waals surface area contributed by atoms with Crippen LogP contribution in [0, 0.1) is 0 Å². The van der Waals surface area contributed by atoms with Gasteiger partial charge in [0.15, 0.2) is 5.82 Å². The Balaban J connectivity index is 2.30. The van der Waals surface area contributed by atoms with Crippen molar-refractivity contribution in [2.75, 3.05) is 0 Å². The number of pyridine rings is 1. The summed E-state index contributed by atoms with van der Waals surface area (Å²) in [6.07, 6.45) is 7.10. The zero-order chi connectivity index (χ0) is 11.8. The molecular weight excluding hydrogens is 216 g/mol. The monoisotopic (exact) mass is 228 g/mol. The molecule has 3 heterocycles. The number of aromatic nitrogens is 5. The van der Waals surface area contributed by atoms with Gasteiger partial charge in [-0.15, -0.1) is 0 Å². The first-order valence-electron chi connectivity index (χ1n) is 5.30. The average molecular weight is 228 g/mol. The van der Waals surface area contributed by atoms with Crippen LogP contribution in [0.5, 0.6) is 0 Å². The van der Waals surface area contributed by atoms with Gasteiger partial charge in [-0.25, -0.2) is 15.0 Å². The van der Waals surface area contributed by atoms with E-state index < -0.39 is 0 Å². The molecule has 6 heteroatoms. The van der Waals surface area contributed by atoms with E-state index in [-0.39, 0.29) is 0 Å². The maximum atomic E-state index is 5.64. The maximum Gasteiger partial charge on any atom is 0.166 e. The Labute approximate surface area is 97.7 Å². The van der Waals surface area contributed by atoms with E-state index in [9.17, 15) is 0 Å². The topological polar surface area (TPSA) is 74.5 Å². The normalized spacial score (nSPS) is 11.2. The highest BCUT2D eigenvalue weighted by molar-refractivity contribution is 5.81. The quantitative estimate of drug-likeness (QED) is 0.697. The third kappa shape index (κ3) is 1.42. The fraction of sp³-hybridized carbons (Fsp3) is 0.182. The lowest BCUT2D eigenvalue weighted by Gasteiger charge is -2.05. The molecule has 0 atom stereocenters. The zero-order valence-corrected chi connectivity index (χ0v) is 9.41. The van der Waals surface area contributed by atoms with Gasteiger partial charge in [0.1, 0.15) is 11.3 Å². The Kier molecular flexibility index (Phi) is 2.15. The second-order valence-electron chi connectivity index (χ2n) is 3.78. The Morgan fingerprint density at radius 3 is 2.94 bits per heavy atom. The number of imidazole rings is 2. The van der Waals surface area contributed by atoms with Gasteiger partial charge in [0, 0.05) is 25.6 Å². The molecule has 2 N–H and O–H groups in total. The Hall–Kier alpha value is -2.21. The first-order chi connectivity index (χ1) is 8.31.